The number of fused-ring (bicyclic) bond motifs is 2. The first-order chi connectivity index (χ1) is 17.6. The Hall–Kier alpha value is -3.89. The Balaban J connectivity index is 1.62. The molecule has 3 aromatic carbocycles. The smallest absolute Gasteiger partial charge is 0.423 e. The van der Waals surface area contributed by atoms with Crippen LogP contribution >= 0.6 is 0 Å². The fraction of sp³-hybridized carbons (Fsp3) is 0.222. The second-order valence-corrected chi connectivity index (χ2v) is 8.74. The second-order valence-electron chi connectivity index (χ2n) is 8.74. The topological polar surface area (TPSA) is 61.4 Å². The monoisotopic (exact) mass is 513 g/mol. The molecule has 1 unspecified atom stereocenters. The number of aliphatic hydroxyl groups is 1. The van der Waals surface area contributed by atoms with Crippen molar-refractivity contribution in [3.05, 3.63) is 90.0 Å². The van der Waals surface area contributed by atoms with Crippen LogP contribution in [-0.2, 0) is 23.5 Å². The summed E-state index contributed by atoms with van der Waals surface area (Å²) >= 11 is 0. The number of halogens is 4. The van der Waals surface area contributed by atoms with Gasteiger partial charge < -0.3 is 19.1 Å². The first-order valence-corrected chi connectivity index (χ1v) is 11.3. The molecule has 0 aliphatic carbocycles. The molecule has 0 spiro atoms. The molecule has 192 valence electrons. The molecular formula is C27H23F4N3O3. The number of hydrogen-bond donors (Lipinski definition) is 1. The summed E-state index contributed by atoms with van der Waals surface area (Å²) in [5.41, 5.74) is -1.56. The highest BCUT2D eigenvalue weighted by molar-refractivity contribution is 5.83. The Labute approximate surface area is 209 Å². The van der Waals surface area contributed by atoms with Gasteiger partial charge in [0.2, 0.25) is 5.60 Å². The first-order valence-electron chi connectivity index (χ1n) is 11.3. The number of methoxy groups -OCH3 is 2. The van der Waals surface area contributed by atoms with E-state index in [-0.39, 0.29) is 12.2 Å². The second kappa shape index (κ2) is 9.20. The zero-order chi connectivity index (χ0) is 26.4. The number of hydrogen-bond acceptors (Lipinski definition) is 4. The first kappa shape index (κ1) is 24.8. The van der Waals surface area contributed by atoms with E-state index in [1.54, 1.807) is 24.3 Å². The van der Waals surface area contributed by atoms with Gasteiger partial charge in [0.25, 0.3) is 0 Å². The minimum Gasteiger partial charge on any atom is -0.497 e. The Morgan fingerprint density at radius 1 is 0.892 bits per heavy atom. The van der Waals surface area contributed by atoms with Crippen LogP contribution in [0.2, 0.25) is 0 Å². The maximum absolute atomic E-state index is 14.6. The zero-order valence-electron chi connectivity index (χ0n) is 20.0. The van der Waals surface area contributed by atoms with Gasteiger partial charge in [-0.2, -0.15) is 18.3 Å². The van der Waals surface area contributed by atoms with Crippen LogP contribution in [0, 0.1) is 5.82 Å². The highest BCUT2D eigenvalue weighted by Gasteiger charge is 2.55. The SMILES string of the molecule is COCc1cc2ccc(OC)cc2n1CC(O)(c1ccc2c(cnn2-c2ccc(F)cc2)c1)C(F)(F)F. The van der Waals surface area contributed by atoms with E-state index in [0.717, 1.165) is 0 Å². The highest BCUT2D eigenvalue weighted by atomic mass is 19.4. The molecule has 0 amide bonds. The lowest BCUT2D eigenvalue weighted by Gasteiger charge is -2.32. The molecule has 5 rings (SSSR count). The summed E-state index contributed by atoms with van der Waals surface area (Å²) in [6.07, 6.45) is -3.60. The molecule has 0 aliphatic heterocycles. The summed E-state index contributed by atoms with van der Waals surface area (Å²) in [4.78, 5) is 0. The number of alkyl halides is 3. The van der Waals surface area contributed by atoms with Gasteiger partial charge in [0.15, 0.2) is 0 Å². The molecule has 6 nitrogen and oxygen atoms in total. The third-order valence-corrected chi connectivity index (χ3v) is 6.46. The lowest BCUT2D eigenvalue weighted by molar-refractivity contribution is -0.271. The summed E-state index contributed by atoms with van der Waals surface area (Å²) in [6.45, 7) is -0.752. The van der Waals surface area contributed by atoms with E-state index in [2.05, 4.69) is 5.10 Å². The van der Waals surface area contributed by atoms with Gasteiger partial charge in [-0.15, -0.1) is 0 Å². The number of rotatable bonds is 7. The highest BCUT2D eigenvalue weighted by Crippen LogP contribution is 2.42. The molecule has 0 fully saturated rings. The molecule has 1 N–H and O–H groups in total. The van der Waals surface area contributed by atoms with Crippen molar-refractivity contribution >= 4 is 21.8 Å². The van der Waals surface area contributed by atoms with E-state index >= 15 is 0 Å². The quantitative estimate of drug-likeness (QED) is 0.283. The molecule has 0 bridgehead atoms. The Bertz CT molecular complexity index is 1570. The Morgan fingerprint density at radius 2 is 1.65 bits per heavy atom. The van der Waals surface area contributed by atoms with Crippen LogP contribution in [0.3, 0.4) is 0 Å². The van der Waals surface area contributed by atoms with Crippen molar-refractivity contribution in [2.75, 3.05) is 14.2 Å². The van der Waals surface area contributed by atoms with Crippen LogP contribution in [-0.4, -0.2) is 39.9 Å². The van der Waals surface area contributed by atoms with Gasteiger partial charge in [0.05, 0.1) is 43.2 Å². The van der Waals surface area contributed by atoms with E-state index in [1.165, 1.54) is 72.1 Å². The summed E-state index contributed by atoms with van der Waals surface area (Å²) < 4.78 is 70.4. The molecule has 0 saturated carbocycles. The number of ether oxygens (including phenoxy) is 2. The van der Waals surface area contributed by atoms with E-state index < -0.39 is 24.1 Å². The lowest BCUT2D eigenvalue weighted by Crippen LogP contribution is -2.46. The van der Waals surface area contributed by atoms with E-state index in [4.69, 9.17) is 9.47 Å². The van der Waals surface area contributed by atoms with Crippen LogP contribution in [0.4, 0.5) is 17.6 Å². The third kappa shape index (κ3) is 4.32. The fourth-order valence-corrected chi connectivity index (χ4v) is 4.52. The van der Waals surface area contributed by atoms with Crippen molar-refractivity contribution in [1.82, 2.24) is 14.3 Å². The molecule has 5 aromatic rings. The summed E-state index contributed by atoms with van der Waals surface area (Å²) in [6, 6.07) is 16.4. The molecule has 0 saturated heterocycles. The number of nitrogens with zero attached hydrogens (tertiary/aromatic N) is 3. The Kier molecular flexibility index (Phi) is 6.17. The van der Waals surface area contributed by atoms with E-state index in [1.807, 2.05) is 0 Å². The third-order valence-electron chi connectivity index (χ3n) is 6.46. The predicted molar refractivity (Wildman–Crippen MR) is 130 cm³/mol. The zero-order valence-corrected chi connectivity index (χ0v) is 20.0. The minimum atomic E-state index is -5.01. The minimum absolute atomic E-state index is 0.0500. The molecule has 0 radical (unpaired) electrons. The molecule has 2 aromatic heterocycles. The maximum Gasteiger partial charge on any atom is 0.423 e. The van der Waals surface area contributed by atoms with E-state index in [0.29, 0.717) is 38.9 Å². The molecule has 37 heavy (non-hydrogen) atoms. The maximum atomic E-state index is 14.6. The average molecular weight is 513 g/mol. The molecular weight excluding hydrogens is 490 g/mol. The molecule has 10 heteroatoms. The average Bonchev–Trinajstić information content (AvgIpc) is 3.44. The number of benzene rings is 3. The van der Waals surface area contributed by atoms with Crippen LogP contribution in [0.15, 0.2) is 72.9 Å². The van der Waals surface area contributed by atoms with Crippen LogP contribution < -0.4 is 4.74 Å². The van der Waals surface area contributed by atoms with Gasteiger partial charge in [-0.25, -0.2) is 9.07 Å². The van der Waals surface area contributed by atoms with Gasteiger partial charge in [-0.05, 0) is 60.2 Å². The van der Waals surface area contributed by atoms with Crippen molar-refractivity contribution < 1.29 is 32.1 Å². The largest absolute Gasteiger partial charge is 0.497 e. The standard InChI is InChI=1S/C27H23F4N3O3/c1-36-15-22-12-17-3-9-23(37-2)13-25(17)33(22)16-26(35,27(29,30)31)19-4-10-24-18(11-19)14-32-34(24)21-7-5-20(28)6-8-21/h3-14,35H,15-16H2,1-2H3. The van der Waals surface area contributed by atoms with Gasteiger partial charge in [0.1, 0.15) is 11.6 Å². The number of aromatic nitrogens is 3. The van der Waals surface area contributed by atoms with Crippen molar-refractivity contribution in [3.63, 3.8) is 0 Å². The van der Waals surface area contributed by atoms with Crippen LogP contribution in [0.25, 0.3) is 27.5 Å². The predicted octanol–water partition coefficient (Wildman–Crippen LogP) is 5.72. The van der Waals surface area contributed by atoms with Crippen molar-refractivity contribution in [2.45, 2.75) is 24.9 Å². The molecule has 1 atom stereocenters. The summed E-state index contributed by atoms with van der Waals surface area (Å²) in [5.74, 6) is 0.0572. The normalized spacial score (nSPS) is 13.8. The van der Waals surface area contributed by atoms with Crippen molar-refractivity contribution in [3.8, 4) is 11.4 Å². The van der Waals surface area contributed by atoms with Gasteiger partial charge in [-0.3, -0.25) is 0 Å². The molecule has 2 heterocycles. The molecule has 0 aliphatic rings. The van der Waals surface area contributed by atoms with Gasteiger partial charge in [0, 0.05) is 29.6 Å². The van der Waals surface area contributed by atoms with Gasteiger partial charge >= 0.3 is 6.18 Å². The van der Waals surface area contributed by atoms with Crippen molar-refractivity contribution in [1.29, 1.82) is 0 Å². The van der Waals surface area contributed by atoms with Crippen LogP contribution in [0.1, 0.15) is 11.3 Å². The van der Waals surface area contributed by atoms with Crippen molar-refractivity contribution in [2.24, 2.45) is 0 Å². The summed E-state index contributed by atoms with van der Waals surface area (Å²) in [5, 5.41) is 16.6. The summed E-state index contributed by atoms with van der Waals surface area (Å²) in [7, 11) is 2.92. The van der Waals surface area contributed by atoms with E-state index in [9.17, 15) is 22.7 Å². The Morgan fingerprint density at radius 3 is 2.32 bits per heavy atom. The lowest BCUT2D eigenvalue weighted by atomic mass is 9.91. The van der Waals surface area contributed by atoms with Crippen LogP contribution in [0.5, 0.6) is 5.75 Å². The fourth-order valence-electron chi connectivity index (χ4n) is 4.52. The van der Waals surface area contributed by atoms with Gasteiger partial charge in [-0.1, -0.05) is 6.07 Å².